The maximum absolute atomic E-state index is 12.9. The lowest BCUT2D eigenvalue weighted by molar-refractivity contribution is -0.136. The van der Waals surface area contributed by atoms with E-state index in [9.17, 15) is 9.59 Å². The number of rotatable bonds is 9. The van der Waals surface area contributed by atoms with Crippen LogP contribution in [0.3, 0.4) is 0 Å². The molecular formula is C21H33N3O2. The third-order valence-corrected chi connectivity index (χ3v) is 5.11. The highest BCUT2D eigenvalue weighted by molar-refractivity contribution is 5.87. The predicted molar refractivity (Wildman–Crippen MR) is 104 cm³/mol. The first kappa shape index (κ1) is 20.4. The smallest absolute Gasteiger partial charge is 0.245 e. The van der Waals surface area contributed by atoms with Crippen LogP contribution in [0, 0.1) is 5.92 Å². The number of carbonyl (C=O) groups excluding carboxylic acids is 2. The van der Waals surface area contributed by atoms with Crippen LogP contribution in [0.2, 0.25) is 0 Å². The third kappa shape index (κ3) is 6.79. The molecule has 0 aliphatic heterocycles. The highest BCUT2D eigenvalue weighted by atomic mass is 16.2. The van der Waals surface area contributed by atoms with E-state index in [0.717, 1.165) is 24.8 Å². The zero-order chi connectivity index (χ0) is 18.8. The van der Waals surface area contributed by atoms with E-state index in [4.69, 9.17) is 5.73 Å². The SMILES string of the molecule is CC(NC(=O)CC1CCCCC1)C(=O)N(CCCN)Cc1ccccc1. The summed E-state index contributed by atoms with van der Waals surface area (Å²) in [6.07, 6.45) is 7.27. The van der Waals surface area contributed by atoms with Crippen molar-refractivity contribution in [2.75, 3.05) is 13.1 Å². The minimum Gasteiger partial charge on any atom is -0.345 e. The van der Waals surface area contributed by atoms with Gasteiger partial charge in [0.1, 0.15) is 6.04 Å². The fraction of sp³-hybridized carbons (Fsp3) is 0.619. The third-order valence-electron chi connectivity index (χ3n) is 5.11. The first-order valence-corrected chi connectivity index (χ1v) is 9.92. The lowest BCUT2D eigenvalue weighted by Crippen LogP contribution is -2.47. The second-order valence-corrected chi connectivity index (χ2v) is 7.38. The molecule has 1 aromatic carbocycles. The molecule has 0 bridgehead atoms. The van der Waals surface area contributed by atoms with Crippen LogP contribution in [0.4, 0.5) is 0 Å². The van der Waals surface area contributed by atoms with Crippen LogP contribution >= 0.6 is 0 Å². The van der Waals surface area contributed by atoms with Gasteiger partial charge in [-0.2, -0.15) is 0 Å². The van der Waals surface area contributed by atoms with Gasteiger partial charge in [-0.3, -0.25) is 9.59 Å². The molecule has 0 saturated heterocycles. The van der Waals surface area contributed by atoms with E-state index < -0.39 is 6.04 Å². The Morgan fingerprint density at radius 2 is 1.88 bits per heavy atom. The van der Waals surface area contributed by atoms with Crippen LogP contribution in [0.25, 0.3) is 0 Å². The Hall–Kier alpha value is -1.88. The fourth-order valence-electron chi connectivity index (χ4n) is 3.64. The van der Waals surface area contributed by atoms with Crippen molar-refractivity contribution in [3.63, 3.8) is 0 Å². The number of amides is 2. The summed E-state index contributed by atoms with van der Waals surface area (Å²) < 4.78 is 0. The number of benzene rings is 1. The molecule has 0 aromatic heterocycles. The molecule has 3 N–H and O–H groups in total. The Morgan fingerprint density at radius 1 is 1.19 bits per heavy atom. The molecule has 5 heteroatoms. The molecule has 26 heavy (non-hydrogen) atoms. The van der Waals surface area contributed by atoms with Gasteiger partial charge in [0.15, 0.2) is 0 Å². The van der Waals surface area contributed by atoms with Gasteiger partial charge in [-0.25, -0.2) is 0 Å². The molecule has 1 aromatic rings. The van der Waals surface area contributed by atoms with Crippen LogP contribution < -0.4 is 11.1 Å². The van der Waals surface area contributed by atoms with Gasteiger partial charge in [0.05, 0.1) is 0 Å². The number of hydrogen-bond acceptors (Lipinski definition) is 3. The van der Waals surface area contributed by atoms with E-state index in [0.29, 0.717) is 32.0 Å². The number of hydrogen-bond donors (Lipinski definition) is 2. The van der Waals surface area contributed by atoms with Crippen LogP contribution in [0.5, 0.6) is 0 Å². The molecule has 144 valence electrons. The van der Waals surface area contributed by atoms with Crippen LogP contribution in [0.15, 0.2) is 30.3 Å². The highest BCUT2D eigenvalue weighted by Crippen LogP contribution is 2.26. The van der Waals surface area contributed by atoms with E-state index in [1.807, 2.05) is 30.3 Å². The molecule has 1 aliphatic carbocycles. The minimum absolute atomic E-state index is 0.00349. The lowest BCUT2D eigenvalue weighted by atomic mass is 9.87. The molecule has 1 unspecified atom stereocenters. The van der Waals surface area contributed by atoms with Crippen LogP contribution in [-0.4, -0.2) is 35.8 Å². The summed E-state index contributed by atoms with van der Waals surface area (Å²) in [5.41, 5.74) is 6.71. The van der Waals surface area contributed by atoms with Crippen molar-refractivity contribution in [3.8, 4) is 0 Å². The van der Waals surface area contributed by atoms with Crippen molar-refractivity contribution in [2.45, 2.75) is 64.5 Å². The van der Waals surface area contributed by atoms with Crippen molar-refractivity contribution in [2.24, 2.45) is 11.7 Å². The van der Waals surface area contributed by atoms with Gasteiger partial charge in [0.25, 0.3) is 0 Å². The van der Waals surface area contributed by atoms with Gasteiger partial charge < -0.3 is 16.0 Å². The normalized spacial score (nSPS) is 16.1. The van der Waals surface area contributed by atoms with Crippen LogP contribution in [0.1, 0.15) is 57.4 Å². The summed E-state index contributed by atoms with van der Waals surface area (Å²) in [5, 5.41) is 2.91. The van der Waals surface area contributed by atoms with E-state index in [-0.39, 0.29) is 11.8 Å². The predicted octanol–water partition coefficient (Wildman–Crippen LogP) is 2.84. The first-order chi connectivity index (χ1) is 12.6. The topological polar surface area (TPSA) is 75.4 Å². The fourth-order valence-corrected chi connectivity index (χ4v) is 3.64. The standard InChI is InChI=1S/C21H33N3O2/c1-17(23-20(25)15-18-9-4-2-5-10-18)21(26)24(14-8-13-22)16-19-11-6-3-7-12-19/h3,6-7,11-12,17-18H,2,4-5,8-10,13-16,22H2,1H3,(H,23,25). The Kier molecular flexibility index (Phi) is 8.62. The summed E-state index contributed by atoms with van der Waals surface area (Å²) in [4.78, 5) is 27.0. The van der Waals surface area contributed by atoms with Gasteiger partial charge in [-0.1, -0.05) is 49.6 Å². The van der Waals surface area contributed by atoms with Crippen molar-refractivity contribution in [1.29, 1.82) is 0 Å². The Balaban J connectivity index is 1.89. The summed E-state index contributed by atoms with van der Waals surface area (Å²) in [7, 11) is 0. The molecule has 5 nitrogen and oxygen atoms in total. The van der Waals surface area contributed by atoms with Gasteiger partial charge in [-0.15, -0.1) is 0 Å². The Bertz CT molecular complexity index is 556. The quantitative estimate of drug-likeness (QED) is 0.712. The van der Waals surface area contributed by atoms with Crippen molar-refractivity contribution >= 4 is 11.8 Å². The maximum atomic E-state index is 12.9. The molecule has 2 rings (SSSR count). The van der Waals surface area contributed by atoms with Gasteiger partial charge in [0, 0.05) is 19.5 Å². The largest absolute Gasteiger partial charge is 0.345 e. The number of carbonyl (C=O) groups is 2. The van der Waals surface area contributed by atoms with Gasteiger partial charge in [-0.05, 0) is 44.2 Å². The molecular weight excluding hydrogens is 326 g/mol. The highest BCUT2D eigenvalue weighted by Gasteiger charge is 2.24. The monoisotopic (exact) mass is 359 g/mol. The van der Waals surface area contributed by atoms with Gasteiger partial charge in [0.2, 0.25) is 11.8 Å². The molecule has 2 amide bonds. The number of nitrogens with two attached hydrogens (primary N) is 1. The molecule has 0 spiro atoms. The average molecular weight is 360 g/mol. The second kappa shape index (κ2) is 11.0. The zero-order valence-electron chi connectivity index (χ0n) is 16.0. The van der Waals surface area contributed by atoms with Crippen LogP contribution in [-0.2, 0) is 16.1 Å². The summed E-state index contributed by atoms with van der Waals surface area (Å²) in [6.45, 7) is 3.47. The molecule has 0 heterocycles. The molecule has 0 radical (unpaired) electrons. The van der Waals surface area contributed by atoms with Crippen molar-refractivity contribution < 1.29 is 9.59 Å². The Morgan fingerprint density at radius 3 is 2.54 bits per heavy atom. The summed E-state index contributed by atoms with van der Waals surface area (Å²) >= 11 is 0. The summed E-state index contributed by atoms with van der Waals surface area (Å²) in [5.74, 6) is 0.430. The van der Waals surface area contributed by atoms with E-state index in [2.05, 4.69) is 5.32 Å². The molecule has 1 fully saturated rings. The Labute approximate surface area is 157 Å². The van der Waals surface area contributed by atoms with E-state index in [1.54, 1.807) is 11.8 Å². The second-order valence-electron chi connectivity index (χ2n) is 7.38. The number of nitrogens with one attached hydrogen (secondary N) is 1. The van der Waals surface area contributed by atoms with Crippen molar-refractivity contribution in [3.05, 3.63) is 35.9 Å². The molecule has 1 atom stereocenters. The van der Waals surface area contributed by atoms with E-state index >= 15 is 0 Å². The number of nitrogens with zero attached hydrogens (tertiary/aromatic N) is 1. The lowest BCUT2D eigenvalue weighted by Gasteiger charge is -2.27. The maximum Gasteiger partial charge on any atom is 0.245 e. The first-order valence-electron chi connectivity index (χ1n) is 9.92. The summed E-state index contributed by atoms with van der Waals surface area (Å²) in [6, 6.07) is 9.41. The van der Waals surface area contributed by atoms with Gasteiger partial charge >= 0.3 is 0 Å². The zero-order valence-corrected chi connectivity index (χ0v) is 16.0. The molecule has 1 saturated carbocycles. The van der Waals surface area contributed by atoms with E-state index in [1.165, 1.54) is 19.3 Å². The molecule has 1 aliphatic rings. The average Bonchev–Trinajstić information content (AvgIpc) is 2.66. The van der Waals surface area contributed by atoms with Crippen molar-refractivity contribution in [1.82, 2.24) is 10.2 Å². The minimum atomic E-state index is -0.507.